The smallest absolute Gasteiger partial charge is 0.319 e. The summed E-state index contributed by atoms with van der Waals surface area (Å²) in [4.78, 5) is 11.7. The molecule has 0 heterocycles. The van der Waals surface area contributed by atoms with E-state index in [9.17, 15) is 9.18 Å². The van der Waals surface area contributed by atoms with Crippen LogP contribution in [-0.2, 0) is 13.0 Å². The molecule has 2 aromatic rings. The minimum Gasteiger partial charge on any atom is -0.392 e. The second-order valence-corrected chi connectivity index (χ2v) is 5.12. The van der Waals surface area contributed by atoms with Crippen molar-refractivity contribution < 1.29 is 14.3 Å². The molecular weight excluding hydrogens is 283 g/mol. The first-order chi connectivity index (χ1) is 10.6. The maximum Gasteiger partial charge on any atom is 0.319 e. The van der Waals surface area contributed by atoms with Gasteiger partial charge in [-0.2, -0.15) is 0 Å². The number of aliphatic hydroxyl groups excluding tert-OH is 1. The number of carbonyl (C=O) groups excluding carboxylic acids is 1. The summed E-state index contributed by atoms with van der Waals surface area (Å²) in [6.07, 6.45) is 0.682. The Bertz CT molecular complexity index is 621. The molecule has 0 aliphatic rings. The molecule has 0 aromatic heterocycles. The predicted octanol–water partition coefficient (Wildman–Crippen LogP) is 2.99. The molecule has 0 saturated carbocycles. The van der Waals surface area contributed by atoms with E-state index in [1.807, 2.05) is 24.3 Å². The van der Waals surface area contributed by atoms with Crippen molar-refractivity contribution in [3.63, 3.8) is 0 Å². The molecule has 5 heteroatoms. The number of halogens is 1. The van der Waals surface area contributed by atoms with Gasteiger partial charge in [0.1, 0.15) is 5.82 Å². The zero-order valence-corrected chi connectivity index (χ0v) is 12.4. The zero-order chi connectivity index (χ0) is 15.9. The van der Waals surface area contributed by atoms with Gasteiger partial charge in [-0.1, -0.05) is 24.3 Å². The summed E-state index contributed by atoms with van der Waals surface area (Å²) in [6, 6.07) is 11.6. The number of aliphatic hydroxyl groups is 1. The number of amides is 2. The Morgan fingerprint density at radius 3 is 2.45 bits per heavy atom. The number of anilines is 1. The van der Waals surface area contributed by atoms with Crippen LogP contribution in [0.5, 0.6) is 0 Å². The molecule has 0 fully saturated rings. The van der Waals surface area contributed by atoms with Gasteiger partial charge in [-0.15, -0.1) is 0 Å². The molecule has 0 radical (unpaired) electrons. The van der Waals surface area contributed by atoms with Crippen molar-refractivity contribution in [2.75, 3.05) is 11.9 Å². The summed E-state index contributed by atoms with van der Waals surface area (Å²) >= 11 is 0. The number of rotatable bonds is 5. The van der Waals surface area contributed by atoms with E-state index in [-0.39, 0.29) is 18.5 Å². The Morgan fingerprint density at radius 2 is 1.82 bits per heavy atom. The summed E-state index contributed by atoms with van der Waals surface area (Å²) in [5.74, 6) is -0.376. The van der Waals surface area contributed by atoms with Gasteiger partial charge >= 0.3 is 6.03 Å². The van der Waals surface area contributed by atoms with Crippen molar-refractivity contribution in [3.8, 4) is 0 Å². The molecule has 22 heavy (non-hydrogen) atoms. The fourth-order valence-electron chi connectivity index (χ4n) is 2.12. The summed E-state index contributed by atoms with van der Waals surface area (Å²) < 4.78 is 13.2. The van der Waals surface area contributed by atoms with Crippen LogP contribution in [0.25, 0.3) is 0 Å². The standard InChI is InChI=1S/C17H19FN2O2/c1-12-8-15(18)10-16(9-12)20-17(22)19-7-6-13-2-4-14(11-21)5-3-13/h2-5,8-10,21H,6-7,11H2,1H3,(H2,19,20,22). The number of hydrogen-bond acceptors (Lipinski definition) is 2. The minimum absolute atomic E-state index is 0.0218. The van der Waals surface area contributed by atoms with Crippen LogP contribution in [0.15, 0.2) is 42.5 Å². The van der Waals surface area contributed by atoms with Crippen molar-refractivity contribution >= 4 is 11.7 Å². The van der Waals surface area contributed by atoms with Gasteiger partial charge in [0.2, 0.25) is 0 Å². The largest absolute Gasteiger partial charge is 0.392 e. The summed E-state index contributed by atoms with van der Waals surface area (Å²) in [6.45, 7) is 2.26. The second kappa shape index (κ2) is 7.56. The topological polar surface area (TPSA) is 61.4 Å². The van der Waals surface area contributed by atoms with E-state index in [1.165, 1.54) is 12.1 Å². The van der Waals surface area contributed by atoms with Crippen molar-refractivity contribution in [1.29, 1.82) is 0 Å². The summed E-state index contributed by atoms with van der Waals surface area (Å²) in [5.41, 5.74) is 3.11. The maximum atomic E-state index is 13.2. The zero-order valence-electron chi connectivity index (χ0n) is 12.4. The van der Waals surface area contributed by atoms with E-state index in [1.54, 1.807) is 13.0 Å². The Morgan fingerprint density at radius 1 is 1.14 bits per heavy atom. The molecule has 0 aliphatic heterocycles. The highest BCUT2D eigenvalue weighted by Gasteiger charge is 2.03. The Labute approximate surface area is 129 Å². The monoisotopic (exact) mass is 302 g/mol. The number of carbonyl (C=O) groups is 1. The van der Waals surface area contributed by atoms with E-state index in [0.29, 0.717) is 18.7 Å². The van der Waals surface area contributed by atoms with Gasteiger partial charge in [0.25, 0.3) is 0 Å². The molecule has 0 spiro atoms. The van der Waals surface area contributed by atoms with Gasteiger partial charge in [0.05, 0.1) is 6.61 Å². The van der Waals surface area contributed by atoms with Gasteiger partial charge < -0.3 is 15.7 Å². The Hall–Kier alpha value is -2.40. The van der Waals surface area contributed by atoms with Gasteiger partial charge in [-0.3, -0.25) is 0 Å². The maximum absolute atomic E-state index is 13.2. The normalized spacial score (nSPS) is 10.3. The van der Waals surface area contributed by atoms with Crippen LogP contribution in [0.3, 0.4) is 0 Å². The van der Waals surface area contributed by atoms with E-state index in [4.69, 9.17) is 5.11 Å². The third-order valence-electron chi connectivity index (χ3n) is 3.20. The van der Waals surface area contributed by atoms with E-state index in [2.05, 4.69) is 10.6 Å². The van der Waals surface area contributed by atoms with Crippen molar-refractivity contribution in [1.82, 2.24) is 5.32 Å². The first-order valence-corrected chi connectivity index (χ1v) is 7.07. The highest BCUT2D eigenvalue weighted by atomic mass is 19.1. The molecule has 2 aromatic carbocycles. The third kappa shape index (κ3) is 4.86. The highest BCUT2D eigenvalue weighted by Crippen LogP contribution is 2.13. The van der Waals surface area contributed by atoms with E-state index in [0.717, 1.165) is 16.7 Å². The van der Waals surface area contributed by atoms with Gasteiger partial charge in [-0.05, 0) is 48.2 Å². The summed E-state index contributed by atoms with van der Waals surface area (Å²) in [5, 5.41) is 14.3. The van der Waals surface area contributed by atoms with Gasteiger partial charge in [0, 0.05) is 12.2 Å². The van der Waals surface area contributed by atoms with Crippen LogP contribution in [-0.4, -0.2) is 17.7 Å². The lowest BCUT2D eigenvalue weighted by Crippen LogP contribution is -2.30. The number of aryl methyl sites for hydroxylation is 1. The molecule has 0 unspecified atom stereocenters. The molecule has 0 saturated heterocycles. The fraction of sp³-hybridized carbons (Fsp3) is 0.235. The van der Waals surface area contributed by atoms with Crippen LogP contribution < -0.4 is 10.6 Å². The lowest BCUT2D eigenvalue weighted by Gasteiger charge is -2.09. The number of hydrogen-bond donors (Lipinski definition) is 3. The van der Waals surface area contributed by atoms with Crippen LogP contribution >= 0.6 is 0 Å². The number of benzene rings is 2. The average molecular weight is 302 g/mol. The number of nitrogens with one attached hydrogen (secondary N) is 2. The molecule has 0 aliphatic carbocycles. The molecule has 2 rings (SSSR count). The van der Waals surface area contributed by atoms with Crippen LogP contribution in [0.4, 0.5) is 14.9 Å². The first-order valence-electron chi connectivity index (χ1n) is 7.07. The van der Waals surface area contributed by atoms with Crippen LogP contribution in [0.2, 0.25) is 0 Å². The van der Waals surface area contributed by atoms with Crippen molar-refractivity contribution in [3.05, 3.63) is 65.0 Å². The van der Waals surface area contributed by atoms with Crippen molar-refractivity contribution in [2.24, 2.45) is 0 Å². The van der Waals surface area contributed by atoms with Crippen LogP contribution in [0.1, 0.15) is 16.7 Å². The molecule has 0 bridgehead atoms. The molecule has 116 valence electrons. The average Bonchev–Trinajstić information content (AvgIpc) is 2.47. The lowest BCUT2D eigenvalue weighted by atomic mass is 10.1. The van der Waals surface area contributed by atoms with Gasteiger partial charge in [-0.25, -0.2) is 9.18 Å². The van der Waals surface area contributed by atoms with E-state index < -0.39 is 0 Å². The highest BCUT2D eigenvalue weighted by molar-refractivity contribution is 5.89. The molecule has 2 amide bonds. The fourth-order valence-corrected chi connectivity index (χ4v) is 2.12. The Kier molecular flexibility index (Phi) is 5.49. The van der Waals surface area contributed by atoms with Crippen molar-refractivity contribution in [2.45, 2.75) is 20.0 Å². The lowest BCUT2D eigenvalue weighted by molar-refractivity contribution is 0.252. The Balaban J connectivity index is 1.79. The SMILES string of the molecule is Cc1cc(F)cc(NC(=O)NCCc2ccc(CO)cc2)c1. The quantitative estimate of drug-likeness (QED) is 0.795. The number of urea groups is 1. The minimum atomic E-state index is -0.376. The van der Waals surface area contributed by atoms with Gasteiger partial charge in [0.15, 0.2) is 0 Å². The second-order valence-electron chi connectivity index (χ2n) is 5.12. The van der Waals surface area contributed by atoms with Crippen LogP contribution in [0, 0.1) is 12.7 Å². The molecule has 4 nitrogen and oxygen atoms in total. The summed E-state index contributed by atoms with van der Waals surface area (Å²) in [7, 11) is 0. The first kappa shape index (κ1) is 16.0. The molecule has 0 atom stereocenters. The third-order valence-corrected chi connectivity index (χ3v) is 3.20. The molecule has 3 N–H and O–H groups in total. The van der Waals surface area contributed by atoms with E-state index >= 15 is 0 Å². The predicted molar refractivity (Wildman–Crippen MR) is 84.2 cm³/mol. The molecular formula is C17H19FN2O2.